The fourth-order valence-corrected chi connectivity index (χ4v) is 3.64. The van der Waals surface area contributed by atoms with E-state index in [4.69, 9.17) is 0 Å². The normalized spacial score (nSPS) is 21.4. The van der Waals surface area contributed by atoms with Crippen LogP contribution in [0.3, 0.4) is 0 Å². The number of anilines is 1. The molecule has 0 aromatic heterocycles. The Bertz CT molecular complexity index is 612. The predicted octanol–water partition coefficient (Wildman–Crippen LogP) is 0.996. The zero-order valence-electron chi connectivity index (χ0n) is 15.2. The number of amides is 2. The van der Waals surface area contributed by atoms with Gasteiger partial charge in [0.25, 0.3) is 0 Å². The summed E-state index contributed by atoms with van der Waals surface area (Å²) in [6, 6.07) is 6.01. The molecule has 2 aliphatic heterocycles. The molecule has 2 N–H and O–H groups in total. The first kappa shape index (κ1) is 17.9. The maximum atomic E-state index is 12.4. The third kappa shape index (κ3) is 4.38. The zero-order chi connectivity index (χ0) is 17.8. The summed E-state index contributed by atoms with van der Waals surface area (Å²) in [5.41, 5.74) is 3.07. The van der Waals surface area contributed by atoms with E-state index in [-0.39, 0.29) is 17.7 Å². The lowest BCUT2D eigenvalue weighted by atomic mass is 10.1. The minimum atomic E-state index is 0.0113. The van der Waals surface area contributed by atoms with Crippen molar-refractivity contribution in [2.45, 2.75) is 20.3 Å². The quantitative estimate of drug-likeness (QED) is 0.855. The summed E-state index contributed by atoms with van der Waals surface area (Å²) in [5, 5.41) is 6.28. The third-order valence-electron chi connectivity index (χ3n) is 5.21. The summed E-state index contributed by atoms with van der Waals surface area (Å²) < 4.78 is 0. The molecule has 0 radical (unpaired) electrons. The fourth-order valence-electron chi connectivity index (χ4n) is 3.64. The number of carbonyl (C=O) groups is 2. The van der Waals surface area contributed by atoms with Crippen molar-refractivity contribution in [2.24, 2.45) is 5.92 Å². The second-order valence-corrected chi connectivity index (χ2v) is 7.11. The van der Waals surface area contributed by atoms with Gasteiger partial charge in [-0.2, -0.15) is 0 Å². The summed E-state index contributed by atoms with van der Waals surface area (Å²) in [4.78, 5) is 28.9. The molecule has 1 aromatic rings. The second kappa shape index (κ2) is 7.97. The average molecular weight is 344 g/mol. The smallest absolute Gasteiger partial charge is 0.238 e. The number of nitrogens with one attached hydrogen (secondary N) is 2. The van der Waals surface area contributed by atoms with Crippen LogP contribution in [-0.2, 0) is 9.59 Å². The lowest BCUT2D eigenvalue weighted by Gasteiger charge is -2.35. The first-order valence-corrected chi connectivity index (χ1v) is 9.12. The Labute approximate surface area is 149 Å². The molecule has 25 heavy (non-hydrogen) atoms. The van der Waals surface area contributed by atoms with Crippen molar-refractivity contribution >= 4 is 17.5 Å². The van der Waals surface area contributed by atoms with Gasteiger partial charge in [0.05, 0.1) is 12.5 Å². The Morgan fingerprint density at radius 1 is 1.16 bits per heavy atom. The van der Waals surface area contributed by atoms with E-state index in [2.05, 4.69) is 15.5 Å². The second-order valence-electron chi connectivity index (χ2n) is 7.11. The molecule has 0 bridgehead atoms. The summed E-state index contributed by atoms with van der Waals surface area (Å²) in [6.45, 7) is 9.07. The van der Waals surface area contributed by atoms with Crippen LogP contribution in [0.2, 0.25) is 0 Å². The van der Waals surface area contributed by atoms with Crippen LogP contribution in [0.15, 0.2) is 18.2 Å². The summed E-state index contributed by atoms with van der Waals surface area (Å²) in [7, 11) is 0. The van der Waals surface area contributed by atoms with Crippen molar-refractivity contribution < 1.29 is 9.59 Å². The van der Waals surface area contributed by atoms with Gasteiger partial charge in [-0.05, 0) is 37.9 Å². The number of rotatable bonds is 4. The van der Waals surface area contributed by atoms with Crippen LogP contribution in [-0.4, -0.2) is 67.4 Å². The van der Waals surface area contributed by atoms with E-state index in [0.29, 0.717) is 19.6 Å². The van der Waals surface area contributed by atoms with Crippen molar-refractivity contribution in [2.75, 3.05) is 51.1 Å². The lowest BCUT2D eigenvalue weighted by molar-refractivity contribution is -0.136. The molecule has 1 atom stereocenters. The van der Waals surface area contributed by atoms with Gasteiger partial charge in [0, 0.05) is 38.4 Å². The molecule has 2 saturated heterocycles. The van der Waals surface area contributed by atoms with E-state index in [1.807, 2.05) is 36.9 Å². The summed E-state index contributed by atoms with van der Waals surface area (Å²) >= 11 is 0. The van der Waals surface area contributed by atoms with Crippen molar-refractivity contribution in [1.82, 2.24) is 15.1 Å². The molecule has 136 valence electrons. The number of carbonyl (C=O) groups excluding carboxylic acids is 2. The van der Waals surface area contributed by atoms with Crippen LogP contribution < -0.4 is 10.6 Å². The molecule has 0 aliphatic carbocycles. The molecule has 2 fully saturated rings. The Morgan fingerprint density at radius 2 is 1.84 bits per heavy atom. The van der Waals surface area contributed by atoms with Crippen molar-refractivity contribution in [1.29, 1.82) is 0 Å². The van der Waals surface area contributed by atoms with Gasteiger partial charge >= 0.3 is 0 Å². The predicted molar refractivity (Wildman–Crippen MR) is 98.5 cm³/mol. The van der Waals surface area contributed by atoms with Gasteiger partial charge in [-0.1, -0.05) is 18.2 Å². The highest BCUT2D eigenvalue weighted by Crippen LogP contribution is 2.19. The number of hydrogen-bond acceptors (Lipinski definition) is 4. The highest BCUT2D eigenvalue weighted by molar-refractivity contribution is 5.93. The Kier molecular flexibility index (Phi) is 5.71. The lowest BCUT2D eigenvalue weighted by Crippen LogP contribution is -2.52. The van der Waals surface area contributed by atoms with E-state index in [1.165, 1.54) is 0 Å². The van der Waals surface area contributed by atoms with E-state index in [9.17, 15) is 9.59 Å². The Balaban J connectivity index is 1.47. The van der Waals surface area contributed by atoms with Gasteiger partial charge in [-0.3, -0.25) is 14.5 Å². The van der Waals surface area contributed by atoms with Crippen LogP contribution >= 0.6 is 0 Å². The molecular formula is C19H28N4O2. The Hall–Kier alpha value is -1.92. The Morgan fingerprint density at radius 3 is 2.44 bits per heavy atom. The summed E-state index contributed by atoms with van der Waals surface area (Å²) in [5.74, 6) is 0.417. The molecule has 1 aromatic carbocycles. The number of para-hydroxylation sites is 1. The van der Waals surface area contributed by atoms with Crippen molar-refractivity contribution in [3.63, 3.8) is 0 Å². The van der Waals surface area contributed by atoms with Crippen LogP contribution in [0.25, 0.3) is 0 Å². The molecular weight excluding hydrogens is 316 g/mol. The SMILES string of the molecule is Cc1cccc(C)c1NC(=O)CN1CCN(C(=O)C2CCNC2)CC1. The van der Waals surface area contributed by atoms with E-state index >= 15 is 0 Å². The highest BCUT2D eigenvalue weighted by Gasteiger charge is 2.29. The van der Waals surface area contributed by atoms with Crippen molar-refractivity contribution in [3.8, 4) is 0 Å². The van der Waals surface area contributed by atoms with E-state index in [0.717, 1.165) is 49.4 Å². The third-order valence-corrected chi connectivity index (χ3v) is 5.21. The first-order valence-electron chi connectivity index (χ1n) is 9.12. The average Bonchev–Trinajstić information content (AvgIpc) is 3.13. The topological polar surface area (TPSA) is 64.7 Å². The molecule has 1 unspecified atom stereocenters. The summed E-state index contributed by atoms with van der Waals surface area (Å²) in [6.07, 6.45) is 0.942. The number of benzene rings is 1. The molecule has 3 rings (SSSR count). The van der Waals surface area contributed by atoms with Gasteiger partial charge in [0.1, 0.15) is 0 Å². The number of hydrogen-bond donors (Lipinski definition) is 2. The molecule has 6 nitrogen and oxygen atoms in total. The minimum Gasteiger partial charge on any atom is -0.340 e. The number of piperazine rings is 1. The first-order chi connectivity index (χ1) is 12.0. The minimum absolute atomic E-state index is 0.0113. The largest absolute Gasteiger partial charge is 0.340 e. The molecule has 2 aliphatic rings. The number of nitrogens with zero attached hydrogens (tertiary/aromatic N) is 2. The van der Waals surface area contributed by atoms with Gasteiger partial charge in [0.2, 0.25) is 11.8 Å². The van der Waals surface area contributed by atoms with E-state index in [1.54, 1.807) is 0 Å². The van der Waals surface area contributed by atoms with Gasteiger partial charge in [0.15, 0.2) is 0 Å². The van der Waals surface area contributed by atoms with Crippen LogP contribution in [0, 0.1) is 19.8 Å². The molecule has 6 heteroatoms. The highest BCUT2D eigenvalue weighted by atomic mass is 16.2. The maximum Gasteiger partial charge on any atom is 0.238 e. The standard InChI is InChI=1S/C19H28N4O2/c1-14-4-3-5-15(2)18(14)21-17(24)13-22-8-10-23(11-9-22)19(25)16-6-7-20-12-16/h3-5,16,20H,6-13H2,1-2H3,(H,21,24). The molecule has 2 heterocycles. The van der Waals surface area contributed by atoms with Crippen LogP contribution in [0.5, 0.6) is 0 Å². The fraction of sp³-hybridized carbons (Fsp3) is 0.579. The molecule has 0 saturated carbocycles. The molecule has 0 spiro atoms. The van der Waals surface area contributed by atoms with Crippen LogP contribution in [0.4, 0.5) is 5.69 Å². The maximum absolute atomic E-state index is 12.4. The molecule has 2 amide bonds. The van der Waals surface area contributed by atoms with Gasteiger partial charge in [-0.15, -0.1) is 0 Å². The number of aryl methyl sites for hydroxylation is 2. The van der Waals surface area contributed by atoms with Gasteiger partial charge < -0.3 is 15.5 Å². The van der Waals surface area contributed by atoms with E-state index < -0.39 is 0 Å². The van der Waals surface area contributed by atoms with Crippen molar-refractivity contribution in [3.05, 3.63) is 29.3 Å². The van der Waals surface area contributed by atoms with Crippen LogP contribution in [0.1, 0.15) is 17.5 Å². The monoisotopic (exact) mass is 344 g/mol. The van der Waals surface area contributed by atoms with Gasteiger partial charge in [-0.25, -0.2) is 0 Å². The zero-order valence-corrected chi connectivity index (χ0v) is 15.2.